The summed E-state index contributed by atoms with van der Waals surface area (Å²) in [5, 5.41) is 8.01. The molecule has 0 amide bonds. The summed E-state index contributed by atoms with van der Waals surface area (Å²) in [6.45, 7) is 4.19. The molecule has 5 nitrogen and oxygen atoms in total. The van der Waals surface area contributed by atoms with Gasteiger partial charge in [0.25, 0.3) is 0 Å². The minimum absolute atomic E-state index is 0.432. The molecule has 1 aromatic carbocycles. The molecule has 5 heteroatoms. The Labute approximate surface area is 150 Å². The molecule has 0 radical (unpaired) electrons. The van der Waals surface area contributed by atoms with Gasteiger partial charge >= 0.3 is 0 Å². The summed E-state index contributed by atoms with van der Waals surface area (Å²) in [6.07, 6.45) is 10.4. The molecule has 2 aromatic rings. The van der Waals surface area contributed by atoms with Crippen molar-refractivity contribution in [3.63, 3.8) is 0 Å². The highest BCUT2D eigenvalue weighted by Gasteiger charge is 2.21. The zero-order valence-electron chi connectivity index (χ0n) is 14.8. The van der Waals surface area contributed by atoms with Gasteiger partial charge in [-0.2, -0.15) is 5.10 Å². The van der Waals surface area contributed by atoms with Crippen molar-refractivity contribution in [1.29, 1.82) is 0 Å². The standard InChI is InChI=1S/C20H28N4O/c1-2-15-25-20(4-1)16-21-17-9-13-23(14-10-17)18-5-7-19(8-6-18)24-12-3-11-22-24/h3,5-8,11-12,17,20-21H,1-2,4,9-10,13-16H2. The number of anilines is 1. The van der Waals surface area contributed by atoms with Gasteiger partial charge < -0.3 is 15.0 Å². The summed E-state index contributed by atoms with van der Waals surface area (Å²) in [4.78, 5) is 2.49. The molecule has 134 valence electrons. The van der Waals surface area contributed by atoms with Crippen molar-refractivity contribution in [1.82, 2.24) is 15.1 Å². The van der Waals surface area contributed by atoms with Gasteiger partial charge in [0.2, 0.25) is 0 Å². The molecule has 0 spiro atoms. The summed E-state index contributed by atoms with van der Waals surface area (Å²) in [7, 11) is 0. The van der Waals surface area contributed by atoms with Crippen LogP contribution >= 0.6 is 0 Å². The Morgan fingerprint density at radius 2 is 1.84 bits per heavy atom. The highest BCUT2D eigenvalue weighted by atomic mass is 16.5. The van der Waals surface area contributed by atoms with Gasteiger partial charge in [-0.3, -0.25) is 0 Å². The number of hydrogen-bond donors (Lipinski definition) is 1. The van der Waals surface area contributed by atoms with Crippen LogP contribution in [0.3, 0.4) is 0 Å². The first-order chi connectivity index (χ1) is 12.4. The molecule has 1 aromatic heterocycles. The molecule has 0 saturated carbocycles. The fraction of sp³-hybridized carbons (Fsp3) is 0.550. The molecule has 4 rings (SSSR count). The average Bonchev–Trinajstić information content (AvgIpc) is 3.23. The van der Waals surface area contributed by atoms with Crippen LogP contribution < -0.4 is 10.2 Å². The zero-order chi connectivity index (χ0) is 16.9. The van der Waals surface area contributed by atoms with E-state index in [1.165, 1.54) is 37.8 Å². The number of piperidine rings is 1. The second-order valence-corrected chi connectivity index (χ2v) is 7.13. The normalized spacial score (nSPS) is 22.2. The zero-order valence-corrected chi connectivity index (χ0v) is 14.8. The molecule has 3 heterocycles. The van der Waals surface area contributed by atoms with E-state index in [1.54, 1.807) is 0 Å². The lowest BCUT2D eigenvalue weighted by molar-refractivity contribution is 0.0149. The number of aromatic nitrogens is 2. The van der Waals surface area contributed by atoms with Crippen LogP contribution in [-0.2, 0) is 4.74 Å². The third kappa shape index (κ3) is 4.22. The minimum atomic E-state index is 0.432. The number of nitrogens with zero attached hydrogens (tertiary/aromatic N) is 3. The fourth-order valence-corrected chi connectivity index (χ4v) is 3.85. The smallest absolute Gasteiger partial charge is 0.0699 e. The Balaban J connectivity index is 1.25. The lowest BCUT2D eigenvalue weighted by Gasteiger charge is -2.35. The summed E-state index contributed by atoms with van der Waals surface area (Å²) < 4.78 is 7.72. The molecule has 25 heavy (non-hydrogen) atoms. The van der Waals surface area contributed by atoms with Gasteiger partial charge in [-0.05, 0) is 62.4 Å². The summed E-state index contributed by atoms with van der Waals surface area (Å²) in [5.74, 6) is 0. The van der Waals surface area contributed by atoms with E-state index in [4.69, 9.17) is 4.74 Å². The molecular weight excluding hydrogens is 312 g/mol. The van der Waals surface area contributed by atoms with E-state index in [0.717, 1.165) is 31.9 Å². The SMILES string of the molecule is c1cnn(-c2ccc(N3CCC(NCC4CCCCO4)CC3)cc2)c1. The largest absolute Gasteiger partial charge is 0.377 e. The first-order valence-electron chi connectivity index (χ1n) is 9.58. The molecule has 0 aliphatic carbocycles. The predicted molar refractivity (Wildman–Crippen MR) is 100 cm³/mol. The maximum atomic E-state index is 5.82. The average molecular weight is 340 g/mol. The van der Waals surface area contributed by atoms with Gasteiger partial charge in [-0.15, -0.1) is 0 Å². The van der Waals surface area contributed by atoms with Crippen molar-refractivity contribution in [2.24, 2.45) is 0 Å². The van der Waals surface area contributed by atoms with Gasteiger partial charge in [0, 0.05) is 50.4 Å². The third-order valence-corrected chi connectivity index (χ3v) is 5.39. The first kappa shape index (κ1) is 16.6. The number of rotatable bonds is 5. The molecule has 2 saturated heterocycles. The Morgan fingerprint density at radius 3 is 2.52 bits per heavy atom. The molecule has 2 aliphatic rings. The van der Waals surface area contributed by atoms with E-state index in [0.29, 0.717) is 12.1 Å². The summed E-state index contributed by atoms with van der Waals surface area (Å²) >= 11 is 0. The number of hydrogen-bond acceptors (Lipinski definition) is 4. The van der Waals surface area contributed by atoms with Gasteiger partial charge in [0.05, 0.1) is 11.8 Å². The Hall–Kier alpha value is -1.85. The van der Waals surface area contributed by atoms with Crippen molar-refractivity contribution in [3.8, 4) is 5.69 Å². The quantitative estimate of drug-likeness (QED) is 0.909. The maximum absolute atomic E-state index is 5.82. The van der Waals surface area contributed by atoms with Gasteiger partial charge in [0.15, 0.2) is 0 Å². The molecular formula is C20H28N4O. The maximum Gasteiger partial charge on any atom is 0.0699 e. The van der Waals surface area contributed by atoms with Crippen LogP contribution in [0, 0.1) is 0 Å². The van der Waals surface area contributed by atoms with Gasteiger partial charge in [0.1, 0.15) is 0 Å². The van der Waals surface area contributed by atoms with Crippen LogP contribution in [0.4, 0.5) is 5.69 Å². The van der Waals surface area contributed by atoms with Crippen LogP contribution in [0.1, 0.15) is 32.1 Å². The van der Waals surface area contributed by atoms with E-state index in [-0.39, 0.29) is 0 Å². The van der Waals surface area contributed by atoms with Crippen molar-refractivity contribution >= 4 is 5.69 Å². The van der Waals surface area contributed by atoms with E-state index in [2.05, 4.69) is 39.6 Å². The van der Waals surface area contributed by atoms with Crippen molar-refractivity contribution in [2.75, 3.05) is 31.1 Å². The highest BCUT2D eigenvalue weighted by molar-refractivity contribution is 5.51. The molecule has 2 fully saturated rings. The van der Waals surface area contributed by atoms with Gasteiger partial charge in [-0.25, -0.2) is 4.68 Å². The molecule has 1 atom stereocenters. The lowest BCUT2D eigenvalue weighted by atomic mass is 10.0. The van der Waals surface area contributed by atoms with Crippen molar-refractivity contribution in [2.45, 2.75) is 44.2 Å². The van der Waals surface area contributed by atoms with Crippen molar-refractivity contribution < 1.29 is 4.74 Å². The van der Waals surface area contributed by atoms with E-state index in [1.807, 2.05) is 23.1 Å². The first-order valence-corrected chi connectivity index (χ1v) is 9.58. The minimum Gasteiger partial charge on any atom is -0.377 e. The van der Waals surface area contributed by atoms with Crippen LogP contribution in [0.2, 0.25) is 0 Å². The number of nitrogens with one attached hydrogen (secondary N) is 1. The Kier molecular flexibility index (Phi) is 5.33. The topological polar surface area (TPSA) is 42.3 Å². The lowest BCUT2D eigenvalue weighted by Crippen LogP contribution is -2.45. The Bertz CT molecular complexity index is 626. The molecule has 2 aliphatic heterocycles. The highest BCUT2D eigenvalue weighted by Crippen LogP contribution is 2.22. The fourth-order valence-electron chi connectivity index (χ4n) is 3.85. The molecule has 0 bridgehead atoms. The number of ether oxygens (including phenoxy) is 1. The van der Waals surface area contributed by atoms with Crippen LogP contribution in [0.25, 0.3) is 5.69 Å². The van der Waals surface area contributed by atoms with E-state index in [9.17, 15) is 0 Å². The van der Waals surface area contributed by atoms with E-state index < -0.39 is 0 Å². The number of benzene rings is 1. The second kappa shape index (κ2) is 8.02. The predicted octanol–water partition coefficient (Wildman–Crippen LogP) is 3.00. The van der Waals surface area contributed by atoms with Gasteiger partial charge in [-0.1, -0.05) is 0 Å². The third-order valence-electron chi connectivity index (χ3n) is 5.39. The molecule has 1 unspecified atom stereocenters. The second-order valence-electron chi connectivity index (χ2n) is 7.13. The van der Waals surface area contributed by atoms with Crippen molar-refractivity contribution in [3.05, 3.63) is 42.7 Å². The summed E-state index contributed by atoms with van der Waals surface area (Å²) in [6, 6.07) is 11.3. The van der Waals surface area contributed by atoms with E-state index >= 15 is 0 Å². The Morgan fingerprint density at radius 1 is 1.04 bits per heavy atom. The monoisotopic (exact) mass is 340 g/mol. The van der Waals surface area contributed by atoms with Crippen LogP contribution in [-0.4, -0.2) is 48.2 Å². The van der Waals surface area contributed by atoms with Crippen LogP contribution in [0.5, 0.6) is 0 Å². The molecule has 1 N–H and O–H groups in total. The summed E-state index contributed by atoms with van der Waals surface area (Å²) in [5.41, 5.74) is 2.42. The van der Waals surface area contributed by atoms with Crippen LogP contribution in [0.15, 0.2) is 42.7 Å².